The first-order chi connectivity index (χ1) is 11.0. The lowest BCUT2D eigenvalue weighted by Crippen LogP contribution is -2.44. The molecule has 1 fully saturated rings. The minimum absolute atomic E-state index is 0.143. The quantitative estimate of drug-likeness (QED) is 0.787. The number of carbonyl (C=O) groups is 3. The predicted molar refractivity (Wildman–Crippen MR) is 86.1 cm³/mol. The van der Waals surface area contributed by atoms with Gasteiger partial charge in [-0.05, 0) is 40.0 Å². The number of carbonyl (C=O) groups excluding carboxylic acids is 3. The molecule has 0 radical (unpaired) electrons. The van der Waals surface area contributed by atoms with Gasteiger partial charge in [-0.15, -0.1) is 0 Å². The van der Waals surface area contributed by atoms with Crippen LogP contribution in [0.25, 0.3) is 0 Å². The van der Waals surface area contributed by atoms with E-state index in [4.69, 9.17) is 5.26 Å². The second-order valence-electron chi connectivity index (χ2n) is 5.25. The van der Waals surface area contributed by atoms with Crippen molar-refractivity contribution in [2.75, 3.05) is 13.1 Å². The first-order valence-corrected chi connectivity index (χ1v) is 8.09. The Morgan fingerprint density at radius 3 is 2.65 bits per heavy atom. The summed E-state index contributed by atoms with van der Waals surface area (Å²) in [5.41, 5.74) is 1.20. The first-order valence-electron chi connectivity index (χ1n) is 7.29. The lowest BCUT2D eigenvalue weighted by molar-refractivity contribution is -0.148. The Labute approximate surface area is 142 Å². The summed E-state index contributed by atoms with van der Waals surface area (Å²) in [4.78, 5) is 36.4. The van der Waals surface area contributed by atoms with Crippen LogP contribution in [0.4, 0.5) is 0 Å². The highest BCUT2D eigenvalue weighted by molar-refractivity contribution is 9.10. The highest BCUT2D eigenvalue weighted by atomic mass is 79.9. The molecule has 0 spiro atoms. The van der Waals surface area contributed by atoms with Gasteiger partial charge >= 0.3 is 0 Å². The molecule has 23 heavy (non-hydrogen) atoms. The Bertz CT molecular complexity index is 666. The first kappa shape index (κ1) is 17.2. The third-order valence-corrected chi connectivity index (χ3v) is 4.25. The molecule has 1 aliphatic heterocycles. The van der Waals surface area contributed by atoms with Crippen molar-refractivity contribution in [3.8, 4) is 6.07 Å². The molecule has 0 saturated carbocycles. The largest absolute Gasteiger partial charge is 0.354 e. The fourth-order valence-electron chi connectivity index (χ4n) is 2.37. The Morgan fingerprint density at radius 2 is 2.00 bits per heavy atom. The smallest absolute Gasteiger partial charge is 0.229 e. The van der Waals surface area contributed by atoms with E-state index in [1.54, 1.807) is 18.2 Å². The Balaban J connectivity index is 1.82. The van der Waals surface area contributed by atoms with Gasteiger partial charge in [0.05, 0.1) is 12.0 Å². The van der Waals surface area contributed by atoms with Gasteiger partial charge in [0.2, 0.25) is 17.7 Å². The number of likely N-dealkylation sites (tertiary alicyclic amines) is 1. The van der Waals surface area contributed by atoms with Crippen LogP contribution in [0, 0.1) is 11.3 Å². The Kier molecular flexibility index (Phi) is 5.88. The molecule has 7 heteroatoms. The van der Waals surface area contributed by atoms with Crippen LogP contribution < -0.4 is 5.32 Å². The fraction of sp³-hybridized carbons (Fsp3) is 0.375. The fourth-order valence-corrected chi connectivity index (χ4v) is 2.71. The third kappa shape index (κ3) is 4.63. The number of rotatable bonds is 5. The summed E-state index contributed by atoms with van der Waals surface area (Å²) < 4.78 is 0.686. The van der Waals surface area contributed by atoms with Gasteiger partial charge in [-0.25, -0.2) is 0 Å². The topological polar surface area (TPSA) is 90.3 Å². The number of nitrogens with zero attached hydrogens (tertiary/aromatic N) is 2. The molecule has 0 atom stereocenters. The highest BCUT2D eigenvalue weighted by Crippen LogP contribution is 2.17. The molecule has 1 aromatic carbocycles. The number of imide groups is 1. The van der Waals surface area contributed by atoms with Gasteiger partial charge in [-0.1, -0.05) is 6.07 Å². The lowest BCUT2D eigenvalue weighted by atomic mass is 10.1. The van der Waals surface area contributed by atoms with Gasteiger partial charge in [-0.2, -0.15) is 5.26 Å². The summed E-state index contributed by atoms with van der Waals surface area (Å²) in [6.07, 6.45) is 1.51. The van der Waals surface area contributed by atoms with Crippen molar-refractivity contribution < 1.29 is 14.4 Å². The van der Waals surface area contributed by atoms with Crippen LogP contribution in [-0.2, 0) is 20.8 Å². The van der Waals surface area contributed by atoms with Gasteiger partial charge in [0.25, 0.3) is 0 Å². The van der Waals surface area contributed by atoms with E-state index in [9.17, 15) is 14.4 Å². The average molecular weight is 378 g/mol. The molecule has 1 aliphatic rings. The second-order valence-corrected chi connectivity index (χ2v) is 6.10. The molecule has 1 heterocycles. The van der Waals surface area contributed by atoms with E-state index < -0.39 is 0 Å². The Hall–Kier alpha value is -2.20. The van der Waals surface area contributed by atoms with Crippen LogP contribution in [0.5, 0.6) is 0 Å². The van der Waals surface area contributed by atoms with E-state index >= 15 is 0 Å². The molecule has 2 rings (SSSR count). The summed E-state index contributed by atoms with van der Waals surface area (Å²) in [5.74, 6) is -0.572. The van der Waals surface area contributed by atoms with Gasteiger partial charge in [0, 0.05) is 30.4 Å². The van der Waals surface area contributed by atoms with Crippen molar-refractivity contribution in [3.05, 3.63) is 33.8 Å². The van der Waals surface area contributed by atoms with E-state index in [1.165, 1.54) is 4.90 Å². The molecule has 120 valence electrons. The van der Waals surface area contributed by atoms with E-state index in [2.05, 4.69) is 21.2 Å². The van der Waals surface area contributed by atoms with Crippen LogP contribution in [0.1, 0.15) is 30.4 Å². The zero-order valence-corrected chi connectivity index (χ0v) is 14.1. The number of hydrogen-bond acceptors (Lipinski definition) is 4. The van der Waals surface area contributed by atoms with Crippen LogP contribution >= 0.6 is 15.9 Å². The van der Waals surface area contributed by atoms with Crippen LogP contribution in [0.3, 0.4) is 0 Å². The monoisotopic (exact) mass is 377 g/mol. The highest BCUT2D eigenvalue weighted by Gasteiger charge is 2.25. The summed E-state index contributed by atoms with van der Waals surface area (Å²) in [6.45, 7) is 0.436. The van der Waals surface area contributed by atoms with Crippen molar-refractivity contribution in [1.82, 2.24) is 10.2 Å². The zero-order chi connectivity index (χ0) is 16.8. The molecular formula is C16H16BrN3O3. The van der Waals surface area contributed by atoms with Gasteiger partial charge < -0.3 is 5.32 Å². The summed E-state index contributed by atoms with van der Waals surface area (Å²) in [7, 11) is 0. The van der Waals surface area contributed by atoms with E-state index in [1.807, 2.05) is 6.07 Å². The normalized spacial score (nSPS) is 14.5. The van der Waals surface area contributed by atoms with Crippen LogP contribution in [0.2, 0.25) is 0 Å². The van der Waals surface area contributed by atoms with Crippen LogP contribution in [-0.4, -0.2) is 35.7 Å². The number of halogens is 1. The van der Waals surface area contributed by atoms with E-state index in [-0.39, 0.29) is 37.2 Å². The lowest BCUT2D eigenvalue weighted by Gasteiger charge is -2.24. The standard InChI is InChI=1S/C16H16BrN3O3/c17-13-5-4-11(8-12(13)10-18)9-14(21)19-6-7-20-15(22)2-1-3-16(20)23/h4-5,8H,1-3,6-7,9H2,(H,19,21). The molecule has 0 aromatic heterocycles. The van der Waals surface area contributed by atoms with Crippen molar-refractivity contribution in [1.29, 1.82) is 5.26 Å². The molecule has 0 aliphatic carbocycles. The Morgan fingerprint density at radius 1 is 1.30 bits per heavy atom. The summed E-state index contributed by atoms with van der Waals surface area (Å²) in [5, 5.41) is 11.7. The number of nitriles is 1. The second kappa shape index (κ2) is 7.88. The van der Waals surface area contributed by atoms with Crippen molar-refractivity contribution in [2.45, 2.75) is 25.7 Å². The van der Waals surface area contributed by atoms with Gasteiger partial charge in [0.15, 0.2) is 0 Å². The maximum absolute atomic E-state index is 11.9. The van der Waals surface area contributed by atoms with Crippen LogP contribution in [0.15, 0.2) is 22.7 Å². The summed E-state index contributed by atoms with van der Waals surface area (Å²) >= 11 is 3.26. The number of benzene rings is 1. The number of nitrogens with one attached hydrogen (secondary N) is 1. The molecule has 1 saturated heterocycles. The van der Waals surface area contributed by atoms with Gasteiger partial charge in [0.1, 0.15) is 6.07 Å². The van der Waals surface area contributed by atoms with Gasteiger partial charge in [-0.3, -0.25) is 19.3 Å². The molecule has 0 bridgehead atoms. The number of amides is 3. The van der Waals surface area contributed by atoms with Crippen molar-refractivity contribution in [3.63, 3.8) is 0 Å². The minimum atomic E-state index is -0.215. The molecule has 3 amide bonds. The summed E-state index contributed by atoms with van der Waals surface area (Å²) in [6, 6.07) is 7.19. The third-order valence-electron chi connectivity index (χ3n) is 3.56. The maximum atomic E-state index is 11.9. The molecule has 6 nitrogen and oxygen atoms in total. The zero-order valence-electron chi connectivity index (χ0n) is 12.5. The molecule has 1 aromatic rings. The van der Waals surface area contributed by atoms with E-state index in [0.29, 0.717) is 29.3 Å². The number of piperidine rings is 1. The molecule has 0 unspecified atom stereocenters. The average Bonchev–Trinajstić information content (AvgIpc) is 2.52. The maximum Gasteiger partial charge on any atom is 0.229 e. The molecule has 1 N–H and O–H groups in total. The van der Waals surface area contributed by atoms with Crippen molar-refractivity contribution in [2.24, 2.45) is 0 Å². The predicted octanol–water partition coefficient (Wildman–Crippen LogP) is 1.52. The number of hydrogen-bond donors (Lipinski definition) is 1. The SMILES string of the molecule is N#Cc1cc(CC(=O)NCCN2C(=O)CCCC2=O)ccc1Br. The molecular weight excluding hydrogens is 362 g/mol. The van der Waals surface area contributed by atoms with E-state index in [0.717, 1.165) is 5.56 Å². The minimum Gasteiger partial charge on any atom is -0.354 e. The van der Waals surface area contributed by atoms with Crippen molar-refractivity contribution >= 4 is 33.7 Å².